The highest BCUT2D eigenvalue weighted by Gasteiger charge is 2.52. The van der Waals surface area contributed by atoms with Crippen molar-refractivity contribution in [3.8, 4) is 0 Å². The Hall–Kier alpha value is -3.02. The molecule has 1 aliphatic rings. The number of hydrogen-bond acceptors (Lipinski definition) is 3. The van der Waals surface area contributed by atoms with Crippen molar-refractivity contribution >= 4 is 28.4 Å². The van der Waals surface area contributed by atoms with Crippen molar-refractivity contribution in [3.63, 3.8) is 0 Å². The molecule has 0 saturated heterocycles. The molecule has 0 aliphatic heterocycles. The van der Waals surface area contributed by atoms with E-state index >= 15 is 0 Å². The maximum Gasteiger partial charge on any atom is 0.332 e. The molecule has 0 bridgehead atoms. The van der Waals surface area contributed by atoms with E-state index in [0.29, 0.717) is 12.0 Å². The quantitative estimate of drug-likeness (QED) is 0.631. The van der Waals surface area contributed by atoms with E-state index < -0.39 is 23.3 Å². The number of nitrogens with one attached hydrogen (secondary N) is 1. The predicted octanol–water partition coefficient (Wildman–Crippen LogP) is 4.21. The lowest BCUT2D eigenvalue weighted by atomic mass is 9.60. The second kappa shape index (κ2) is 6.61. The van der Waals surface area contributed by atoms with Gasteiger partial charge in [0, 0.05) is 34.2 Å². The Morgan fingerprint density at radius 1 is 1.26 bits per heavy atom. The predicted molar refractivity (Wildman–Crippen MR) is 102 cm³/mol. The van der Waals surface area contributed by atoms with E-state index in [2.05, 4.69) is 4.98 Å². The van der Waals surface area contributed by atoms with Gasteiger partial charge >= 0.3 is 11.9 Å². The van der Waals surface area contributed by atoms with Crippen LogP contribution in [0.3, 0.4) is 0 Å². The van der Waals surface area contributed by atoms with Crippen LogP contribution >= 0.6 is 0 Å². The van der Waals surface area contributed by atoms with Crippen molar-refractivity contribution in [2.75, 3.05) is 0 Å². The second-order valence-electron chi connectivity index (χ2n) is 7.14. The summed E-state index contributed by atoms with van der Waals surface area (Å²) in [6, 6.07) is 7.37. The first-order valence-corrected chi connectivity index (χ1v) is 8.95. The van der Waals surface area contributed by atoms with Gasteiger partial charge in [0.1, 0.15) is 5.76 Å². The van der Waals surface area contributed by atoms with Crippen LogP contribution in [-0.4, -0.2) is 32.2 Å². The van der Waals surface area contributed by atoms with Crippen LogP contribution in [-0.2, 0) is 9.59 Å². The zero-order valence-electron chi connectivity index (χ0n) is 15.5. The van der Waals surface area contributed by atoms with Crippen LogP contribution in [0.25, 0.3) is 16.5 Å². The number of aliphatic hydroxyl groups is 1. The van der Waals surface area contributed by atoms with Crippen LogP contribution in [0.1, 0.15) is 32.8 Å². The normalized spacial score (nSPS) is 24.0. The monoisotopic (exact) mass is 369 g/mol. The van der Waals surface area contributed by atoms with Crippen molar-refractivity contribution in [1.82, 2.24) is 4.98 Å². The van der Waals surface area contributed by atoms with Crippen molar-refractivity contribution in [2.45, 2.75) is 27.2 Å². The minimum Gasteiger partial charge on any atom is -0.508 e. The highest BCUT2D eigenvalue weighted by molar-refractivity contribution is 6.07. The number of benzene rings is 1. The lowest BCUT2D eigenvalue weighted by Crippen LogP contribution is -2.45. The van der Waals surface area contributed by atoms with Gasteiger partial charge in [0.2, 0.25) is 0 Å². The molecule has 0 fully saturated rings. The number of allylic oxidation sites excluding steroid dienone is 1. The van der Waals surface area contributed by atoms with E-state index in [1.54, 1.807) is 20.0 Å². The molecule has 0 spiro atoms. The number of aromatic nitrogens is 1. The molecule has 1 heterocycles. The molecule has 2 aromatic rings. The Morgan fingerprint density at radius 2 is 1.93 bits per heavy atom. The Morgan fingerprint density at radius 3 is 2.52 bits per heavy atom. The lowest BCUT2D eigenvalue weighted by Gasteiger charge is -2.41. The zero-order chi connectivity index (χ0) is 19.9. The minimum absolute atomic E-state index is 0.0811. The smallest absolute Gasteiger partial charge is 0.332 e. The summed E-state index contributed by atoms with van der Waals surface area (Å²) in [6.07, 6.45) is 3.52. The second-order valence-corrected chi connectivity index (χ2v) is 7.14. The molecule has 0 saturated carbocycles. The summed E-state index contributed by atoms with van der Waals surface area (Å²) >= 11 is 0. The summed E-state index contributed by atoms with van der Waals surface area (Å²) < 4.78 is 0. The van der Waals surface area contributed by atoms with E-state index in [9.17, 15) is 24.9 Å². The van der Waals surface area contributed by atoms with Gasteiger partial charge in [-0.25, -0.2) is 4.79 Å². The molecular formula is C21H23NO5. The van der Waals surface area contributed by atoms with Crippen molar-refractivity contribution in [1.29, 1.82) is 0 Å². The zero-order valence-corrected chi connectivity index (χ0v) is 15.5. The van der Waals surface area contributed by atoms with E-state index in [0.717, 1.165) is 10.9 Å². The third-order valence-electron chi connectivity index (χ3n) is 5.94. The molecule has 6 nitrogen and oxygen atoms in total. The summed E-state index contributed by atoms with van der Waals surface area (Å²) in [7, 11) is 0. The average Bonchev–Trinajstić information content (AvgIpc) is 3.05. The van der Waals surface area contributed by atoms with Gasteiger partial charge in [-0.3, -0.25) is 4.79 Å². The number of rotatable bonds is 5. The molecule has 1 aromatic heterocycles. The standard InChI is InChI=1S/C21H23NO5/c1-4-11(2)21(20(26)27)9-16(23)18(17(12(21)3)19(24)25)14-10-22-15-8-6-5-7-13(14)15/h5-12,22-23H,4H2,1-3H3,(H,24,25)(H,26,27). The number of aromatic amines is 1. The van der Waals surface area contributed by atoms with E-state index in [1.165, 1.54) is 6.08 Å². The van der Waals surface area contributed by atoms with Gasteiger partial charge in [-0.1, -0.05) is 45.4 Å². The number of para-hydroxylation sites is 1. The number of hydrogen-bond donors (Lipinski definition) is 4. The number of carboxylic acid groups (broad SMARTS) is 2. The third kappa shape index (κ3) is 2.63. The minimum atomic E-state index is -1.48. The Kier molecular flexibility index (Phi) is 4.59. The number of carbonyl (C=O) groups is 2. The van der Waals surface area contributed by atoms with Gasteiger partial charge in [0.25, 0.3) is 0 Å². The highest BCUT2D eigenvalue weighted by atomic mass is 16.4. The van der Waals surface area contributed by atoms with Crippen LogP contribution in [0.5, 0.6) is 0 Å². The Balaban J connectivity index is 2.33. The molecule has 3 rings (SSSR count). The van der Waals surface area contributed by atoms with Crippen LogP contribution in [0.2, 0.25) is 0 Å². The molecule has 0 amide bonds. The molecule has 1 aromatic carbocycles. The largest absolute Gasteiger partial charge is 0.508 e. The van der Waals surface area contributed by atoms with E-state index in [1.807, 2.05) is 31.2 Å². The third-order valence-corrected chi connectivity index (χ3v) is 5.94. The average molecular weight is 369 g/mol. The van der Waals surface area contributed by atoms with Gasteiger partial charge < -0.3 is 20.3 Å². The molecule has 6 heteroatoms. The number of carboxylic acids is 2. The summed E-state index contributed by atoms with van der Waals surface area (Å²) in [5.74, 6) is -3.84. The summed E-state index contributed by atoms with van der Waals surface area (Å²) in [5, 5.41) is 31.5. The fourth-order valence-electron chi connectivity index (χ4n) is 4.23. The molecule has 0 radical (unpaired) electrons. The van der Waals surface area contributed by atoms with Gasteiger partial charge in [-0.15, -0.1) is 0 Å². The molecule has 27 heavy (non-hydrogen) atoms. The SMILES string of the molecule is CCC(C)C1(C(=O)O)C=C(O)C(c2c[nH]c3ccccc23)=C(C(=O)O)C1C. The molecular weight excluding hydrogens is 346 g/mol. The fraction of sp³-hybridized carbons (Fsp3) is 0.333. The molecule has 3 atom stereocenters. The summed E-state index contributed by atoms with van der Waals surface area (Å²) in [5.41, 5.74) is -0.0358. The molecule has 3 unspecified atom stereocenters. The van der Waals surface area contributed by atoms with Gasteiger partial charge in [0.15, 0.2) is 0 Å². The first-order chi connectivity index (χ1) is 12.8. The van der Waals surface area contributed by atoms with E-state index in [4.69, 9.17) is 0 Å². The lowest BCUT2D eigenvalue weighted by molar-refractivity contribution is -0.152. The van der Waals surface area contributed by atoms with Crippen molar-refractivity contribution in [2.24, 2.45) is 17.3 Å². The maximum absolute atomic E-state index is 12.2. The van der Waals surface area contributed by atoms with Crippen LogP contribution in [0.4, 0.5) is 0 Å². The van der Waals surface area contributed by atoms with Gasteiger partial charge in [0.05, 0.1) is 11.0 Å². The Labute approximate surface area is 156 Å². The highest BCUT2D eigenvalue weighted by Crippen LogP contribution is 2.51. The Bertz CT molecular complexity index is 983. The number of fused-ring (bicyclic) bond motifs is 1. The first-order valence-electron chi connectivity index (χ1n) is 8.95. The summed E-state index contributed by atoms with van der Waals surface area (Å²) in [4.78, 5) is 27.5. The molecule has 142 valence electrons. The van der Waals surface area contributed by atoms with Crippen LogP contribution in [0, 0.1) is 17.3 Å². The van der Waals surface area contributed by atoms with Crippen molar-refractivity contribution < 1.29 is 24.9 Å². The van der Waals surface area contributed by atoms with Crippen molar-refractivity contribution in [3.05, 3.63) is 53.4 Å². The number of H-pyrrole nitrogens is 1. The maximum atomic E-state index is 12.2. The fourth-order valence-corrected chi connectivity index (χ4v) is 4.23. The number of aliphatic carboxylic acids is 2. The van der Waals surface area contributed by atoms with E-state index in [-0.39, 0.29) is 22.8 Å². The number of aliphatic hydroxyl groups excluding tert-OH is 1. The topological polar surface area (TPSA) is 111 Å². The summed E-state index contributed by atoms with van der Waals surface area (Å²) in [6.45, 7) is 5.23. The van der Waals surface area contributed by atoms with Gasteiger partial charge in [-0.05, 0) is 18.1 Å². The van der Waals surface area contributed by atoms with Gasteiger partial charge in [-0.2, -0.15) is 0 Å². The first kappa shape index (κ1) is 18.8. The van der Waals surface area contributed by atoms with Crippen LogP contribution < -0.4 is 0 Å². The molecule has 1 aliphatic carbocycles. The van der Waals surface area contributed by atoms with Crippen LogP contribution in [0.15, 0.2) is 47.9 Å². The molecule has 4 N–H and O–H groups in total.